The molecule has 0 aromatic rings. The highest BCUT2D eigenvalue weighted by Crippen LogP contribution is 2.07. The number of morpholine rings is 1. The fourth-order valence-electron chi connectivity index (χ4n) is 1.64. The molecule has 0 saturated carbocycles. The summed E-state index contributed by atoms with van der Waals surface area (Å²) in [5.41, 5.74) is 5.51. The summed E-state index contributed by atoms with van der Waals surface area (Å²) in [5, 5.41) is 0. The third kappa shape index (κ3) is 5.38. The summed E-state index contributed by atoms with van der Waals surface area (Å²) < 4.78 is 5.19. The molecular weight excluding hydrogens is 266 g/mol. The van der Waals surface area contributed by atoms with Crippen molar-refractivity contribution in [2.45, 2.75) is 13.0 Å². The zero-order chi connectivity index (χ0) is 14.3. The third-order valence-corrected chi connectivity index (χ3v) is 4.11. The van der Waals surface area contributed by atoms with Crippen LogP contribution in [0.25, 0.3) is 0 Å². The minimum atomic E-state index is 0.0118. The highest BCUT2D eigenvalue weighted by atomic mass is 32.2. The van der Waals surface area contributed by atoms with Crippen molar-refractivity contribution in [2.75, 3.05) is 51.4 Å². The van der Waals surface area contributed by atoms with Crippen molar-refractivity contribution in [1.29, 1.82) is 0 Å². The molecule has 0 bridgehead atoms. The van der Waals surface area contributed by atoms with Crippen LogP contribution in [-0.4, -0.2) is 79.1 Å². The topological polar surface area (TPSA) is 75.9 Å². The molecule has 1 rings (SSSR count). The van der Waals surface area contributed by atoms with Crippen LogP contribution in [0.15, 0.2) is 0 Å². The van der Waals surface area contributed by atoms with Crippen molar-refractivity contribution >= 4 is 23.6 Å². The zero-order valence-electron chi connectivity index (χ0n) is 11.6. The first-order valence-electron chi connectivity index (χ1n) is 6.45. The molecule has 1 heterocycles. The molecule has 1 atom stereocenters. The average Bonchev–Trinajstić information content (AvgIpc) is 2.46. The van der Waals surface area contributed by atoms with Gasteiger partial charge in [-0.15, -0.1) is 11.8 Å². The smallest absolute Gasteiger partial charge is 0.232 e. The van der Waals surface area contributed by atoms with Gasteiger partial charge in [0.15, 0.2) is 0 Å². The van der Waals surface area contributed by atoms with Crippen LogP contribution in [0.2, 0.25) is 0 Å². The van der Waals surface area contributed by atoms with E-state index in [2.05, 4.69) is 0 Å². The summed E-state index contributed by atoms with van der Waals surface area (Å²) in [6.45, 7) is 4.86. The van der Waals surface area contributed by atoms with E-state index in [9.17, 15) is 9.59 Å². The van der Waals surface area contributed by atoms with E-state index < -0.39 is 0 Å². The van der Waals surface area contributed by atoms with E-state index >= 15 is 0 Å². The standard InChI is InChI=1S/C12H23N3O3S/c1-10(7-13)14(2)11(16)8-19-9-12(17)15-3-5-18-6-4-15/h10H,3-9,13H2,1-2H3. The van der Waals surface area contributed by atoms with E-state index in [1.165, 1.54) is 11.8 Å². The van der Waals surface area contributed by atoms with Crippen LogP contribution in [0.1, 0.15) is 6.92 Å². The van der Waals surface area contributed by atoms with E-state index in [1.54, 1.807) is 16.8 Å². The molecule has 1 aliphatic heterocycles. The van der Waals surface area contributed by atoms with E-state index in [1.807, 2.05) is 6.92 Å². The molecule has 1 saturated heterocycles. The Bertz CT molecular complexity index is 295. The van der Waals surface area contributed by atoms with Crippen molar-refractivity contribution in [3.63, 3.8) is 0 Å². The van der Waals surface area contributed by atoms with E-state index in [0.29, 0.717) is 44.4 Å². The molecular formula is C12H23N3O3S. The van der Waals surface area contributed by atoms with E-state index in [-0.39, 0.29) is 17.9 Å². The van der Waals surface area contributed by atoms with Gasteiger partial charge in [0.25, 0.3) is 0 Å². The summed E-state index contributed by atoms with van der Waals surface area (Å²) >= 11 is 1.36. The zero-order valence-corrected chi connectivity index (χ0v) is 12.4. The Hall–Kier alpha value is -0.790. The van der Waals surface area contributed by atoms with Gasteiger partial charge in [0.2, 0.25) is 11.8 Å². The Morgan fingerprint density at radius 1 is 1.37 bits per heavy atom. The number of nitrogens with zero attached hydrogens (tertiary/aromatic N) is 2. The first-order valence-corrected chi connectivity index (χ1v) is 7.60. The summed E-state index contributed by atoms with van der Waals surface area (Å²) in [6.07, 6.45) is 0. The minimum absolute atomic E-state index is 0.0118. The van der Waals surface area contributed by atoms with Gasteiger partial charge in [0, 0.05) is 32.7 Å². The monoisotopic (exact) mass is 289 g/mol. The van der Waals surface area contributed by atoms with E-state index in [4.69, 9.17) is 10.5 Å². The van der Waals surface area contributed by atoms with Crippen molar-refractivity contribution in [1.82, 2.24) is 9.80 Å². The van der Waals surface area contributed by atoms with Crippen LogP contribution in [0, 0.1) is 0 Å². The van der Waals surface area contributed by atoms with Gasteiger partial charge in [0.1, 0.15) is 0 Å². The normalized spacial score (nSPS) is 17.1. The summed E-state index contributed by atoms with van der Waals surface area (Å²) in [5.74, 6) is 0.751. The lowest BCUT2D eigenvalue weighted by atomic mass is 10.3. The van der Waals surface area contributed by atoms with Gasteiger partial charge < -0.3 is 20.3 Å². The number of hydrogen-bond acceptors (Lipinski definition) is 5. The number of hydrogen-bond donors (Lipinski definition) is 1. The molecule has 1 unspecified atom stereocenters. The van der Waals surface area contributed by atoms with Crippen molar-refractivity contribution in [3.8, 4) is 0 Å². The first kappa shape index (κ1) is 16.3. The number of carbonyl (C=O) groups is 2. The molecule has 7 heteroatoms. The van der Waals surface area contributed by atoms with Crippen LogP contribution in [0.4, 0.5) is 0 Å². The summed E-state index contributed by atoms with van der Waals surface area (Å²) in [6, 6.07) is 0.0306. The van der Waals surface area contributed by atoms with Crippen LogP contribution < -0.4 is 5.73 Å². The maximum absolute atomic E-state index is 11.8. The fourth-order valence-corrected chi connectivity index (χ4v) is 2.47. The second-order valence-corrected chi connectivity index (χ2v) is 5.56. The molecule has 110 valence electrons. The molecule has 0 aromatic carbocycles. The Kier molecular flexibility index (Phi) is 7.19. The summed E-state index contributed by atoms with van der Waals surface area (Å²) in [7, 11) is 1.74. The van der Waals surface area contributed by atoms with Gasteiger partial charge >= 0.3 is 0 Å². The SMILES string of the molecule is CC(CN)N(C)C(=O)CSCC(=O)N1CCOCC1. The largest absolute Gasteiger partial charge is 0.378 e. The van der Waals surface area contributed by atoms with Crippen LogP contribution >= 0.6 is 11.8 Å². The predicted octanol–water partition coefficient (Wildman–Crippen LogP) is -0.616. The molecule has 6 nitrogen and oxygen atoms in total. The number of nitrogens with two attached hydrogens (primary N) is 1. The first-order chi connectivity index (χ1) is 9.06. The fraction of sp³-hybridized carbons (Fsp3) is 0.833. The maximum Gasteiger partial charge on any atom is 0.232 e. The van der Waals surface area contributed by atoms with Gasteiger partial charge in [-0.2, -0.15) is 0 Å². The van der Waals surface area contributed by atoms with Crippen LogP contribution in [0.5, 0.6) is 0 Å². The number of amides is 2. The Morgan fingerprint density at radius 3 is 2.58 bits per heavy atom. The Labute approximate surface area is 118 Å². The molecule has 0 aliphatic carbocycles. The lowest BCUT2D eigenvalue weighted by Gasteiger charge is -2.27. The summed E-state index contributed by atoms with van der Waals surface area (Å²) in [4.78, 5) is 27.1. The van der Waals surface area contributed by atoms with E-state index in [0.717, 1.165) is 0 Å². The molecule has 0 radical (unpaired) electrons. The molecule has 0 aromatic heterocycles. The predicted molar refractivity (Wildman–Crippen MR) is 76.0 cm³/mol. The molecule has 2 N–H and O–H groups in total. The molecule has 1 aliphatic rings. The van der Waals surface area contributed by atoms with Gasteiger partial charge in [-0.25, -0.2) is 0 Å². The second kappa shape index (κ2) is 8.39. The van der Waals surface area contributed by atoms with Gasteiger partial charge in [-0.1, -0.05) is 0 Å². The molecule has 0 spiro atoms. The van der Waals surface area contributed by atoms with Gasteiger partial charge in [-0.05, 0) is 6.92 Å². The average molecular weight is 289 g/mol. The Balaban J connectivity index is 2.22. The van der Waals surface area contributed by atoms with Crippen molar-refractivity contribution in [3.05, 3.63) is 0 Å². The number of rotatable bonds is 6. The maximum atomic E-state index is 11.8. The lowest BCUT2D eigenvalue weighted by Crippen LogP contribution is -2.42. The number of ether oxygens (including phenoxy) is 1. The van der Waals surface area contributed by atoms with Crippen LogP contribution in [-0.2, 0) is 14.3 Å². The highest BCUT2D eigenvalue weighted by Gasteiger charge is 2.18. The minimum Gasteiger partial charge on any atom is -0.378 e. The number of likely N-dealkylation sites (N-methyl/N-ethyl adjacent to an activating group) is 1. The Morgan fingerprint density at radius 2 is 2.00 bits per heavy atom. The third-order valence-electron chi connectivity index (χ3n) is 3.21. The molecule has 2 amide bonds. The quantitative estimate of drug-likeness (QED) is 0.705. The second-order valence-electron chi connectivity index (χ2n) is 4.58. The van der Waals surface area contributed by atoms with Crippen molar-refractivity contribution < 1.29 is 14.3 Å². The lowest BCUT2D eigenvalue weighted by molar-refractivity contribution is -0.132. The number of thioether (sulfide) groups is 1. The van der Waals surface area contributed by atoms with Gasteiger partial charge in [-0.3, -0.25) is 9.59 Å². The van der Waals surface area contributed by atoms with Crippen LogP contribution in [0.3, 0.4) is 0 Å². The van der Waals surface area contributed by atoms with Gasteiger partial charge in [0.05, 0.1) is 24.7 Å². The van der Waals surface area contributed by atoms with Crippen molar-refractivity contribution in [2.24, 2.45) is 5.73 Å². The highest BCUT2D eigenvalue weighted by molar-refractivity contribution is 8.00. The molecule has 1 fully saturated rings. The number of carbonyl (C=O) groups excluding carboxylic acids is 2. The molecule has 19 heavy (non-hydrogen) atoms.